The topological polar surface area (TPSA) is 80.0 Å². The van der Waals surface area contributed by atoms with Crippen LogP contribution in [0.15, 0.2) is 53.7 Å². The summed E-state index contributed by atoms with van der Waals surface area (Å²) in [5.41, 5.74) is 1.73. The number of anilines is 1. The van der Waals surface area contributed by atoms with E-state index in [0.29, 0.717) is 6.54 Å². The fourth-order valence-corrected chi connectivity index (χ4v) is 1.77. The monoisotopic (exact) mass is 274 g/mol. The number of hydrogen-bond donors (Lipinski definition) is 3. The summed E-state index contributed by atoms with van der Waals surface area (Å²) >= 11 is 1.17. The van der Waals surface area contributed by atoms with E-state index < -0.39 is 0 Å². The SMILES string of the molecule is NSc1ccc(NC(=O)NCc2ccncc2)cc1. The van der Waals surface area contributed by atoms with E-state index in [1.54, 1.807) is 24.5 Å². The molecule has 0 unspecified atom stereocenters. The molecule has 0 fully saturated rings. The fraction of sp³-hybridized carbons (Fsp3) is 0.0769. The first kappa shape index (κ1) is 13.4. The third kappa shape index (κ3) is 4.27. The number of hydrogen-bond acceptors (Lipinski definition) is 4. The third-order valence-electron chi connectivity index (χ3n) is 2.45. The van der Waals surface area contributed by atoms with Crippen molar-refractivity contribution in [3.05, 3.63) is 54.4 Å². The van der Waals surface area contributed by atoms with Crippen molar-refractivity contribution in [2.75, 3.05) is 5.32 Å². The van der Waals surface area contributed by atoms with E-state index in [2.05, 4.69) is 15.6 Å². The van der Waals surface area contributed by atoms with E-state index in [0.717, 1.165) is 16.1 Å². The van der Waals surface area contributed by atoms with E-state index >= 15 is 0 Å². The van der Waals surface area contributed by atoms with Crippen molar-refractivity contribution in [2.45, 2.75) is 11.4 Å². The van der Waals surface area contributed by atoms with E-state index in [4.69, 9.17) is 5.14 Å². The number of urea groups is 1. The quantitative estimate of drug-likeness (QED) is 0.748. The molecule has 0 bridgehead atoms. The van der Waals surface area contributed by atoms with Gasteiger partial charge >= 0.3 is 6.03 Å². The molecule has 0 spiro atoms. The second-order valence-electron chi connectivity index (χ2n) is 3.81. The van der Waals surface area contributed by atoms with Gasteiger partial charge in [0.25, 0.3) is 0 Å². The highest BCUT2D eigenvalue weighted by molar-refractivity contribution is 7.97. The molecule has 0 radical (unpaired) electrons. The van der Waals surface area contributed by atoms with Gasteiger partial charge in [-0.2, -0.15) is 0 Å². The molecule has 19 heavy (non-hydrogen) atoms. The van der Waals surface area contributed by atoms with E-state index in [1.165, 1.54) is 11.9 Å². The minimum absolute atomic E-state index is 0.245. The summed E-state index contributed by atoms with van der Waals surface area (Å²) < 4.78 is 0. The molecule has 0 aliphatic rings. The zero-order valence-electron chi connectivity index (χ0n) is 10.2. The molecular formula is C13H14N4OS. The van der Waals surface area contributed by atoms with Gasteiger partial charge in [0.05, 0.1) is 0 Å². The van der Waals surface area contributed by atoms with Gasteiger partial charge in [0.2, 0.25) is 0 Å². The summed E-state index contributed by atoms with van der Waals surface area (Å²) in [6.45, 7) is 0.463. The zero-order valence-corrected chi connectivity index (χ0v) is 11.0. The van der Waals surface area contributed by atoms with Crippen molar-refractivity contribution in [2.24, 2.45) is 5.14 Å². The molecule has 0 aliphatic carbocycles. The number of nitrogens with zero attached hydrogens (tertiary/aromatic N) is 1. The van der Waals surface area contributed by atoms with Gasteiger partial charge < -0.3 is 10.6 Å². The van der Waals surface area contributed by atoms with Gasteiger partial charge in [-0.1, -0.05) is 0 Å². The van der Waals surface area contributed by atoms with Gasteiger partial charge in [-0.05, 0) is 53.9 Å². The summed E-state index contributed by atoms with van der Waals surface area (Å²) in [7, 11) is 0. The summed E-state index contributed by atoms with van der Waals surface area (Å²) in [5, 5.41) is 10.9. The lowest BCUT2D eigenvalue weighted by Gasteiger charge is -2.07. The standard InChI is InChI=1S/C13H14N4OS/c14-19-12-3-1-11(2-4-12)17-13(18)16-9-10-5-7-15-8-6-10/h1-8H,9,14H2,(H2,16,17,18). The van der Waals surface area contributed by atoms with Crippen molar-refractivity contribution in [1.29, 1.82) is 0 Å². The highest BCUT2D eigenvalue weighted by Crippen LogP contribution is 2.15. The third-order valence-corrected chi connectivity index (χ3v) is 3.00. The highest BCUT2D eigenvalue weighted by atomic mass is 32.2. The lowest BCUT2D eigenvalue weighted by atomic mass is 10.3. The molecule has 2 rings (SSSR count). The molecule has 2 amide bonds. The lowest BCUT2D eigenvalue weighted by molar-refractivity contribution is 0.251. The second kappa shape index (κ2) is 6.77. The number of nitrogens with one attached hydrogen (secondary N) is 2. The number of carbonyl (C=O) groups is 1. The summed E-state index contributed by atoms with van der Waals surface area (Å²) in [4.78, 5) is 16.5. The van der Waals surface area contributed by atoms with E-state index in [1.807, 2.05) is 24.3 Å². The van der Waals surface area contributed by atoms with Gasteiger partial charge in [0.1, 0.15) is 0 Å². The molecule has 4 N–H and O–H groups in total. The Balaban J connectivity index is 1.83. The van der Waals surface area contributed by atoms with Crippen molar-refractivity contribution in [1.82, 2.24) is 10.3 Å². The number of amides is 2. The van der Waals surface area contributed by atoms with Gasteiger partial charge in [-0.15, -0.1) is 0 Å². The summed E-state index contributed by atoms with van der Waals surface area (Å²) in [5.74, 6) is 0. The van der Waals surface area contributed by atoms with Gasteiger partial charge in [0, 0.05) is 29.5 Å². The first-order valence-electron chi connectivity index (χ1n) is 5.68. The summed E-state index contributed by atoms with van der Waals surface area (Å²) in [6.07, 6.45) is 3.39. The molecule has 5 nitrogen and oxygen atoms in total. The van der Waals surface area contributed by atoms with Gasteiger partial charge in [-0.25, -0.2) is 4.79 Å². The smallest absolute Gasteiger partial charge is 0.319 e. The Bertz CT molecular complexity index is 530. The largest absolute Gasteiger partial charge is 0.334 e. The van der Waals surface area contributed by atoms with Crippen molar-refractivity contribution in [3.63, 3.8) is 0 Å². The fourth-order valence-electron chi connectivity index (χ4n) is 1.48. The molecule has 6 heteroatoms. The Kier molecular flexibility index (Phi) is 4.77. The van der Waals surface area contributed by atoms with Crippen LogP contribution in [0.5, 0.6) is 0 Å². The number of aromatic nitrogens is 1. The molecule has 2 aromatic rings. The maximum atomic E-state index is 11.7. The van der Waals surface area contributed by atoms with Crippen LogP contribution < -0.4 is 15.8 Å². The molecule has 1 aromatic heterocycles. The second-order valence-corrected chi connectivity index (χ2v) is 4.51. The first-order chi connectivity index (χ1) is 9.28. The van der Waals surface area contributed by atoms with Crippen LogP contribution in [0, 0.1) is 0 Å². The predicted octanol–water partition coefficient (Wildman–Crippen LogP) is 2.37. The average Bonchev–Trinajstić information content (AvgIpc) is 2.47. The van der Waals surface area contributed by atoms with Crippen LogP contribution in [0.2, 0.25) is 0 Å². The Morgan fingerprint density at radius 2 is 1.84 bits per heavy atom. The molecule has 98 valence electrons. The van der Waals surface area contributed by atoms with Crippen LogP contribution >= 0.6 is 11.9 Å². The van der Waals surface area contributed by atoms with E-state index in [-0.39, 0.29) is 6.03 Å². The van der Waals surface area contributed by atoms with Crippen LogP contribution in [0.25, 0.3) is 0 Å². The Labute approximate surface area is 115 Å². The molecular weight excluding hydrogens is 260 g/mol. The van der Waals surface area contributed by atoms with Crippen LogP contribution in [-0.2, 0) is 6.54 Å². The lowest BCUT2D eigenvalue weighted by Crippen LogP contribution is -2.28. The van der Waals surface area contributed by atoms with Crippen LogP contribution in [0.3, 0.4) is 0 Å². The minimum Gasteiger partial charge on any atom is -0.334 e. The Morgan fingerprint density at radius 1 is 1.16 bits per heavy atom. The van der Waals surface area contributed by atoms with Gasteiger partial charge in [-0.3, -0.25) is 10.1 Å². The number of benzene rings is 1. The maximum absolute atomic E-state index is 11.7. The summed E-state index contributed by atoms with van der Waals surface area (Å²) in [6, 6.07) is 10.8. The zero-order chi connectivity index (χ0) is 13.5. The first-order valence-corrected chi connectivity index (χ1v) is 6.56. The van der Waals surface area contributed by atoms with Crippen molar-refractivity contribution >= 4 is 23.7 Å². The Morgan fingerprint density at radius 3 is 2.47 bits per heavy atom. The van der Waals surface area contributed by atoms with E-state index in [9.17, 15) is 4.79 Å². The molecule has 0 saturated heterocycles. The highest BCUT2D eigenvalue weighted by Gasteiger charge is 2.01. The van der Waals surface area contributed by atoms with Crippen LogP contribution in [0.4, 0.5) is 10.5 Å². The van der Waals surface area contributed by atoms with Gasteiger partial charge in [0.15, 0.2) is 0 Å². The average molecular weight is 274 g/mol. The maximum Gasteiger partial charge on any atom is 0.319 e. The molecule has 1 aromatic carbocycles. The molecule has 1 heterocycles. The number of pyridine rings is 1. The molecule has 0 atom stereocenters. The number of nitrogens with two attached hydrogens (primary N) is 1. The minimum atomic E-state index is -0.245. The van der Waals surface area contributed by atoms with Crippen molar-refractivity contribution < 1.29 is 4.79 Å². The number of carbonyl (C=O) groups excluding carboxylic acids is 1. The van der Waals surface area contributed by atoms with Crippen molar-refractivity contribution in [3.8, 4) is 0 Å². The van der Waals surface area contributed by atoms with Crippen LogP contribution in [0.1, 0.15) is 5.56 Å². The predicted molar refractivity (Wildman–Crippen MR) is 76.6 cm³/mol. The Hall–Kier alpha value is -2.05. The van der Waals surface area contributed by atoms with Crippen LogP contribution in [-0.4, -0.2) is 11.0 Å². The normalized spacial score (nSPS) is 9.95. The number of rotatable bonds is 4. The molecule has 0 saturated carbocycles. The molecule has 0 aliphatic heterocycles.